The van der Waals surface area contributed by atoms with E-state index in [2.05, 4.69) is 6.58 Å². The molecule has 1 N–H and O–H groups in total. The fourth-order valence-corrected chi connectivity index (χ4v) is 1.47. The van der Waals surface area contributed by atoms with E-state index in [1.807, 2.05) is 29.1 Å². The van der Waals surface area contributed by atoms with Gasteiger partial charge in [0, 0.05) is 24.4 Å². The zero-order chi connectivity index (χ0) is 15.7. The summed E-state index contributed by atoms with van der Waals surface area (Å²) in [5.41, 5.74) is 0.347. The molecule has 6 heteroatoms. The lowest BCUT2D eigenvalue weighted by Gasteiger charge is -2.01. The van der Waals surface area contributed by atoms with E-state index in [1.54, 1.807) is 11.9 Å². The first-order chi connectivity index (χ1) is 10.1. The van der Waals surface area contributed by atoms with Crippen LogP contribution < -0.4 is 4.57 Å². The lowest BCUT2D eigenvalue weighted by Crippen LogP contribution is -2.33. The lowest BCUT2D eigenvalue weighted by molar-refractivity contribution is -0.697. The molecule has 1 rings (SSSR count). The van der Waals surface area contributed by atoms with Crippen LogP contribution in [-0.2, 0) is 20.9 Å². The molecule has 0 spiro atoms. The topological polar surface area (TPSA) is 94.9 Å². The van der Waals surface area contributed by atoms with Gasteiger partial charge in [0.15, 0.2) is 24.5 Å². The molecule has 0 saturated carbocycles. The average molecular weight is 284 g/mol. The van der Waals surface area contributed by atoms with Crippen molar-refractivity contribution in [1.29, 1.82) is 10.7 Å². The first-order valence-electron chi connectivity index (χ1n) is 6.15. The van der Waals surface area contributed by atoms with Crippen LogP contribution in [0.2, 0.25) is 0 Å². The van der Waals surface area contributed by atoms with Crippen molar-refractivity contribution in [2.24, 2.45) is 0 Å². The smallest absolute Gasteiger partial charge is 0.381 e. The monoisotopic (exact) mass is 284 g/mol. The molecule has 0 aliphatic carbocycles. The van der Waals surface area contributed by atoms with Gasteiger partial charge in [0.1, 0.15) is 6.07 Å². The molecule has 0 unspecified atom stereocenters. The maximum absolute atomic E-state index is 11.3. The Kier molecular flexibility index (Phi) is 6.26. The molecule has 0 atom stereocenters. The number of pyridine rings is 1. The maximum Gasteiger partial charge on any atom is 0.381 e. The van der Waals surface area contributed by atoms with Gasteiger partial charge in [0.05, 0.1) is 6.61 Å². The average Bonchev–Trinajstić information content (AvgIpc) is 2.53. The summed E-state index contributed by atoms with van der Waals surface area (Å²) in [4.78, 5) is 22.6. The molecule has 1 aromatic rings. The number of carbonyl (C=O) groups excluding carboxylic acids is 2. The number of carbonyl (C=O) groups is 2. The van der Waals surface area contributed by atoms with Crippen LogP contribution in [0.1, 0.15) is 12.0 Å². The Labute approximate surface area is 122 Å². The van der Waals surface area contributed by atoms with Crippen molar-refractivity contribution in [2.75, 3.05) is 6.61 Å². The van der Waals surface area contributed by atoms with Gasteiger partial charge in [0.25, 0.3) is 5.78 Å². The number of nitrogens with zero attached hydrogens (tertiary/aromatic N) is 2. The molecule has 106 valence electrons. The van der Waals surface area contributed by atoms with Gasteiger partial charge in [-0.05, 0) is 5.56 Å². The highest BCUT2D eigenvalue weighted by Crippen LogP contribution is 1.97. The number of esters is 1. The molecule has 6 nitrogen and oxygen atoms in total. The van der Waals surface area contributed by atoms with E-state index >= 15 is 0 Å². The minimum Gasteiger partial charge on any atom is -0.459 e. The predicted molar refractivity (Wildman–Crippen MR) is 74.2 cm³/mol. The van der Waals surface area contributed by atoms with Crippen molar-refractivity contribution < 1.29 is 18.9 Å². The van der Waals surface area contributed by atoms with Crippen molar-refractivity contribution in [1.82, 2.24) is 0 Å². The van der Waals surface area contributed by atoms with E-state index < -0.39 is 17.3 Å². The molecule has 0 saturated heterocycles. The summed E-state index contributed by atoms with van der Waals surface area (Å²) in [5.74, 6) is -0.681. The molecule has 1 aromatic heterocycles. The summed E-state index contributed by atoms with van der Waals surface area (Å²) in [7, 11) is 0. The van der Waals surface area contributed by atoms with Gasteiger partial charge in [-0.15, -0.1) is 0 Å². The van der Waals surface area contributed by atoms with Gasteiger partial charge >= 0.3 is 5.97 Å². The second-order valence-electron chi connectivity index (χ2n) is 4.00. The molecule has 0 amide bonds. The zero-order valence-electron chi connectivity index (χ0n) is 11.3. The summed E-state index contributed by atoms with van der Waals surface area (Å²) in [6, 6.07) is 5.21. The molecular weight excluding hydrogens is 270 g/mol. The third kappa shape index (κ3) is 4.86. The summed E-state index contributed by atoms with van der Waals surface area (Å²) < 4.78 is 6.65. The van der Waals surface area contributed by atoms with Crippen molar-refractivity contribution in [3.63, 3.8) is 0 Å². The second kappa shape index (κ2) is 8.20. The predicted octanol–water partition coefficient (Wildman–Crippen LogP) is 0.818. The molecule has 0 aliphatic rings. The number of ether oxygens (including phenoxy) is 1. The zero-order valence-corrected chi connectivity index (χ0v) is 11.3. The number of Topliss-reactive ketones (excluding diaryl/α,β-unsaturated/α-hetero) is 1. The number of rotatable bonds is 7. The third-order valence-corrected chi connectivity index (χ3v) is 2.60. The number of nitriles is 1. The standard InChI is InChI=1S/C15H14N3O3/c1-2-12-4-7-18(8-5-12)6-3-9-21-15(20)14(19)13(10-16)11-17/h2,4-5,7-8,16H,1,3,6,9H2/q+1. The Balaban J connectivity index is 2.38. The molecule has 0 radical (unpaired) electrons. The van der Waals surface area contributed by atoms with Crippen molar-refractivity contribution in [3.05, 3.63) is 42.2 Å². The van der Waals surface area contributed by atoms with E-state index in [0.29, 0.717) is 13.0 Å². The Morgan fingerprint density at radius 2 is 2.10 bits per heavy atom. The number of aromatic nitrogens is 1. The minimum absolute atomic E-state index is 0.0531. The van der Waals surface area contributed by atoms with Gasteiger partial charge in [0.2, 0.25) is 0 Å². The van der Waals surface area contributed by atoms with E-state index in [1.165, 1.54) is 6.07 Å². The molecule has 0 fully saturated rings. The largest absolute Gasteiger partial charge is 0.459 e. The normalized spacial score (nSPS) is 9.10. The van der Waals surface area contributed by atoms with Crippen LogP contribution >= 0.6 is 0 Å². The number of hydrogen-bond donors (Lipinski definition) is 1. The van der Waals surface area contributed by atoms with Gasteiger partial charge in [-0.1, -0.05) is 12.7 Å². The van der Waals surface area contributed by atoms with Gasteiger partial charge in [-0.25, -0.2) is 9.36 Å². The highest BCUT2D eigenvalue weighted by Gasteiger charge is 2.20. The number of nitrogens with one attached hydrogen (secondary N) is 1. The van der Waals surface area contributed by atoms with Gasteiger partial charge in [-0.2, -0.15) is 5.26 Å². The minimum atomic E-state index is -1.14. The van der Waals surface area contributed by atoms with Crippen LogP contribution in [0, 0.1) is 16.7 Å². The SMILES string of the molecule is C=Cc1cc[n+](CCCOC(=O)C(=O)C(=C=N)C#N)cc1. The Morgan fingerprint density at radius 3 is 2.62 bits per heavy atom. The van der Waals surface area contributed by atoms with Crippen molar-refractivity contribution >= 4 is 23.7 Å². The van der Waals surface area contributed by atoms with E-state index in [0.717, 1.165) is 5.56 Å². The Morgan fingerprint density at radius 1 is 1.43 bits per heavy atom. The van der Waals surface area contributed by atoms with E-state index in [-0.39, 0.29) is 6.61 Å². The van der Waals surface area contributed by atoms with Crippen molar-refractivity contribution in [2.45, 2.75) is 13.0 Å². The van der Waals surface area contributed by atoms with Gasteiger partial charge < -0.3 is 4.74 Å². The highest BCUT2D eigenvalue weighted by atomic mass is 16.5. The highest BCUT2D eigenvalue weighted by molar-refractivity contribution is 6.43. The van der Waals surface area contributed by atoms with Gasteiger partial charge in [-0.3, -0.25) is 10.2 Å². The Hall–Kier alpha value is -3.03. The first kappa shape index (κ1) is 16.0. The maximum atomic E-state index is 11.3. The molecule has 0 aliphatic heterocycles. The molecular formula is C15H14N3O3+. The number of hydrogen-bond acceptors (Lipinski definition) is 5. The molecule has 0 bridgehead atoms. The van der Waals surface area contributed by atoms with Crippen molar-refractivity contribution in [3.8, 4) is 6.07 Å². The number of aryl methyl sites for hydroxylation is 1. The third-order valence-electron chi connectivity index (χ3n) is 2.60. The van der Waals surface area contributed by atoms with Crippen LogP contribution in [-0.4, -0.2) is 24.2 Å². The Bertz CT molecular complexity index is 635. The molecule has 0 aromatic carbocycles. The van der Waals surface area contributed by atoms with Crippen LogP contribution in [0.3, 0.4) is 0 Å². The second-order valence-corrected chi connectivity index (χ2v) is 4.00. The van der Waals surface area contributed by atoms with Crippen LogP contribution in [0.25, 0.3) is 6.08 Å². The van der Waals surface area contributed by atoms with E-state index in [4.69, 9.17) is 15.4 Å². The van der Waals surface area contributed by atoms with Crippen LogP contribution in [0.5, 0.6) is 0 Å². The van der Waals surface area contributed by atoms with Crippen LogP contribution in [0.4, 0.5) is 0 Å². The lowest BCUT2D eigenvalue weighted by atomic mass is 10.2. The summed E-state index contributed by atoms with van der Waals surface area (Å²) in [6.07, 6.45) is 6.00. The summed E-state index contributed by atoms with van der Waals surface area (Å²) >= 11 is 0. The fourth-order valence-electron chi connectivity index (χ4n) is 1.47. The molecule has 21 heavy (non-hydrogen) atoms. The summed E-state index contributed by atoms with van der Waals surface area (Å²) in [5, 5.41) is 15.2. The quantitative estimate of drug-likeness (QED) is 0.152. The fraction of sp³-hybridized carbons (Fsp3) is 0.200. The number of ketones is 1. The first-order valence-corrected chi connectivity index (χ1v) is 6.15. The summed E-state index contributed by atoms with van der Waals surface area (Å²) in [6.45, 7) is 4.33. The molecule has 1 heterocycles. The van der Waals surface area contributed by atoms with E-state index in [9.17, 15) is 9.59 Å². The van der Waals surface area contributed by atoms with Crippen LogP contribution in [0.15, 0.2) is 36.7 Å².